The van der Waals surface area contributed by atoms with E-state index in [2.05, 4.69) is 17.8 Å². The van der Waals surface area contributed by atoms with Crippen molar-refractivity contribution in [1.82, 2.24) is 21.5 Å². The Morgan fingerprint density at radius 1 is 1.09 bits per heavy atom. The molecule has 0 saturated carbocycles. The van der Waals surface area contributed by atoms with E-state index in [0.29, 0.717) is 6.42 Å². The van der Waals surface area contributed by atoms with E-state index in [1.807, 2.05) is 10.6 Å². The van der Waals surface area contributed by atoms with Crippen LogP contribution in [0.2, 0.25) is 0 Å². The number of nitrogens with one attached hydrogen (secondary N) is 4. The molecule has 4 N–H and O–H groups in total. The molecule has 0 aromatic heterocycles. The third-order valence-corrected chi connectivity index (χ3v) is 3.22. The number of imide groups is 2. The van der Waals surface area contributed by atoms with Crippen molar-refractivity contribution >= 4 is 23.8 Å². The van der Waals surface area contributed by atoms with Gasteiger partial charge in [0.05, 0.1) is 0 Å². The average Bonchev–Trinajstić information content (AvgIpc) is 2.46. The minimum Gasteiger partial charge on any atom is -0.302 e. The SMILES string of the molecule is C/C=C(/NNC(=O)CCCCCC)C1C(=O)NC(=O)NC1=O. The summed E-state index contributed by atoms with van der Waals surface area (Å²) in [7, 11) is 0. The molecule has 0 radical (unpaired) electrons. The second-order valence-corrected chi connectivity index (χ2v) is 4.97. The van der Waals surface area contributed by atoms with Crippen LogP contribution < -0.4 is 21.5 Å². The number of carbonyl (C=O) groups excluding carboxylic acids is 4. The first-order chi connectivity index (χ1) is 10.5. The van der Waals surface area contributed by atoms with Crippen LogP contribution in [-0.4, -0.2) is 23.8 Å². The van der Waals surface area contributed by atoms with Gasteiger partial charge in [0.25, 0.3) is 0 Å². The van der Waals surface area contributed by atoms with Crippen molar-refractivity contribution in [3.63, 3.8) is 0 Å². The summed E-state index contributed by atoms with van der Waals surface area (Å²) in [5.74, 6) is -2.87. The number of barbiturate groups is 1. The largest absolute Gasteiger partial charge is 0.328 e. The summed E-state index contributed by atoms with van der Waals surface area (Å²) in [6.07, 6.45) is 5.80. The number of hydrogen-bond acceptors (Lipinski definition) is 5. The lowest BCUT2D eigenvalue weighted by Crippen LogP contribution is -2.58. The van der Waals surface area contributed by atoms with Gasteiger partial charge < -0.3 is 5.43 Å². The number of rotatable bonds is 8. The van der Waals surface area contributed by atoms with Gasteiger partial charge in [-0.2, -0.15) is 0 Å². The molecule has 0 spiro atoms. The van der Waals surface area contributed by atoms with Crippen LogP contribution in [0.1, 0.15) is 46.0 Å². The molecular formula is C14H22N4O4. The third kappa shape index (κ3) is 5.19. The van der Waals surface area contributed by atoms with Crippen molar-refractivity contribution in [1.29, 1.82) is 0 Å². The molecule has 0 unspecified atom stereocenters. The van der Waals surface area contributed by atoms with E-state index >= 15 is 0 Å². The summed E-state index contributed by atoms with van der Waals surface area (Å²) in [6, 6.07) is -0.846. The Morgan fingerprint density at radius 2 is 1.73 bits per heavy atom. The maximum absolute atomic E-state index is 11.7. The second-order valence-electron chi connectivity index (χ2n) is 4.97. The van der Waals surface area contributed by atoms with Gasteiger partial charge in [-0.3, -0.25) is 30.4 Å². The first-order valence-electron chi connectivity index (χ1n) is 7.36. The summed E-state index contributed by atoms with van der Waals surface area (Å²) < 4.78 is 0. The number of hydrazine groups is 1. The summed E-state index contributed by atoms with van der Waals surface area (Å²) in [4.78, 5) is 46.1. The fraction of sp³-hybridized carbons (Fsp3) is 0.571. The van der Waals surface area contributed by atoms with Crippen LogP contribution in [0.4, 0.5) is 4.79 Å². The van der Waals surface area contributed by atoms with E-state index < -0.39 is 23.8 Å². The molecule has 5 amide bonds. The summed E-state index contributed by atoms with van der Waals surface area (Å²) in [5, 5.41) is 4.01. The van der Waals surface area contributed by atoms with Crippen LogP contribution in [0.25, 0.3) is 0 Å². The average molecular weight is 310 g/mol. The minimum absolute atomic E-state index is 0.212. The van der Waals surface area contributed by atoms with Crippen LogP contribution in [-0.2, 0) is 14.4 Å². The van der Waals surface area contributed by atoms with E-state index in [9.17, 15) is 19.2 Å². The summed E-state index contributed by atoms with van der Waals surface area (Å²) in [6.45, 7) is 3.71. The number of carbonyl (C=O) groups is 4. The normalized spacial score (nSPS) is 16.1. The zero-order chi connectivity index (χ0) is 16.5. The van der Waals surface area contributed by atoms with Gasteiger partial charge in [-0.25, -0.2) is 4.79 Å². The van der Waals surface area contributed by atoms with E-state index in [1.165, 1.54) is 6.08 Å². The Labute approximate surface area is 129 Å². The monoisotopic (exact) mass is 310 g/mol. The van der Waals surface area contributed by atoms with Crippen LogP contribution in [0.5, 0.6) is 0 Å². The maximum Gasteiger partial charge on any atom is 0.328 e. The predicted octanol–water partition coefficient (Wildman–Crippen LogP) is 0.464. The number of unbranched alkanes of at least 4 members (excludes halogenated alkanes) is 3. The smallest absolute Gasteiger partial charge is 0.302 e. The molecule has 22 heavy (non-hydrogen) atoms. The van der Waals surface area contributed by atoms with Crippen LogP contribution in [0, 0.1) is 5.92 Å². The van der Waals surface area contributed by atoms with Gasteiger partial charge in [0, 0.05) is 12.1 Å². The minimum atomic E-state index is -1.19. The Bertz CT molecular complexity index is 467. The molecule has 8 heteroatoms. The molecule has 1 fully saturated rings. The Hall–Kier alpha value is -2.38. The van der Waals surface area contributed by atoms with Gasteiger partial charge in [0.2, 0.25) is 17.7 Å². The highest BCUT2D eigenvalue weighted by Crippen LogP contribution is 2.11. The van der Waals surface area contributed by atoms with Gasteiger partial charge in [-0.05, 0) is 13.3 Å². The molecule has 0 bridgehead atoms. The van der Waals surface area contributed by atoms with E-state index in [4.69, 9.17) is 0 Å². The fourth-order valence-corrected chi connectivity index (χ4v) is 2.03. The van der Waals surface area contributed by atoms with Gasteiger partial charge >= 0.3 is 6.03 Å². The quantitative estimate of drug-likeness (QED) is 0.295. The zero-order valence-corrected chi connectivity index (χ0v) is 12.8. The topological polar surface area (TPSA) is 116 Å². The van der Waals surface area contributed by atoms with Crippen molar-refractivity contribution in [2.75, 3.05) is 0 Å². The molecule has 1 heterocycles. The molecular weight excluding hydrogens is 288 g/mol. The Balaban J connectivity index is 2.48. The molecule has 122 valence electrons. The predicted molar refractivity (Wildman–Crippen MR) is 79.0 cm³/mol. The van der Waals surface area contributed by atoms with E-state index in [0.717, 1.165) is 25.7 Å². The Kier molecular flexibility index (Phi) is 7.07. The van der Waals surface area contributed by atoms with E-state index in [-0.39, 0.29) is 11.6 Å². The van der Waals surface area contributed by atoms with Crippen molar-refractivity contribution in [3.8, 4) is 0 Å². The molecule has 1 aliphatic rings. The zero-order valence-electron chi connectivity index (χ0n) is 12.8. The highest BCUT2D eigenvalue weighted by Gasteiger charge is 2.36. The highest BCUT2D eigenvalue weighted by atomic mass is 16.2. The van der Waals surface area contributed by atoms with Gasteiger partial charge in [-0.15, -0.1) is 0 Å². The summed E-state index contributed by atoms with van der Waals surface area (Å²) >= 11 is 0. The van der Waals surface area contributed by atoms with Crippen molar-refractivity contribution in [3.05, 3.63) is 11.8 Å². The van der Waals surface area contributed by atoms with Crippen molar-refractivity contribution in [2.45, 2.75) is 46.0 Å². The Morgan fingerprint density at radius 3 is 2.27 bits per heavy atom. The first kappa shape index (κ1) is 17.7. The van der Waals surface area contributed by atoms with Gasteiger partial charge in [-0.1, -0.05) is 32.3 Å². The molecule has 0 aromatic carbocycles. The molecule has 1 saturated heterocycles. The third-order valence-electron chi connectivity index (χ3n) is 3.22. The van der Waals surface area contributed by atoms with Crippen molar-refractivity contribution < 1.29 is 19.2 Å². The van der Waals surface area contributed by atoms with Gasteiger partial charge in [0.15, 0.2) is 5.92 Å². The number of hydrogen-bond donors (Lipinski definition) is 4. The second kappa shape index (κ2) is 8.81. The standard InChI is InChI=1S/C14H22N4O4/c1-3-5-6-7-8-10(19)18-17-9(4-2)11-12(20)15-14(22)16-13(11)21/h4,11,17H,3,5-8H2,1-2H3,(H,18,19)(H2,15,16,20,21,22)/b9-4+. The molecule has 0 aromatic rings. The van der Waals surface area contributed by atoms with Gasteiger partial charge in [0.1, 0.15) is 0 Å². The van der Waals surface area contributed by atoms with Crippen molar-refractivity contribution in [2.24, 2.45) is 5.92 Å². The summed E-state index contributed by atoms with van der Waals surface area (Å²) in [5.41, 5.74) is 5.25. The fourth-order valence-electron chi connectivity index (χ4n) is 2.03. The molecule has 1 rings (SSSR count). The molecule has 1 aliphatic heterocycles. The van der Waals surface area contributed by atoms with Crippen LogP contribution >= 0.6 is 0 Å². The number of allylic oxidation sites excluding steroid dienone is 1. The number of amides is 5. The lowest BCUT2D eigenvalue weighted by Gasteiger charge is -2.23. The molecule has 0 atom stereocenters. The maximum atomic E-state index is 11.7. The molecule has 0 aliphatic carbocycles. The highest BCUT2D eigenvalue weighted by molar-refractivity contribution is 6.17. The lowest BCUT2D eigenvalue weighted by atomic mass is 10.0. The lowest BCUT2D eigenvalue weighted by molar-refractivity contribution is -0.134. The van der Waals surface area contributed by atoms with E-state index in [1.54, 1.807) is 6.92 Å². The first-order valence-corrected chi connectivity index (χ1v) is 7.36. The molecule has 8 nitrogen and oxygen atoms in total. The van der Waals surface area contributed by atoms with Crippen LogP contribution in [0.15, 0.2) is 11.8 Å². The van der Waals surface area contributed by atoms with Crippen LogP contribution in [0.3, 0.4) is 0 Å². The number of urea groups is 1.